The molecule has 102 valence electrons. The van der Waals surface area contributed by atoms with Gasteiger partial charge in [-0.1, -0.05) is 32.9 Å². The molecule has 0 amide bonds. The van der Waals surface area contributed by atoms with E-state index in [0.29, 0.717) is 13.2 Å². The van der Waals surface area contributed by atoms with Crippen LogP contribution in [0.5, 0.6) is 0 Å². The average molecular weight is 269 g/mol. The van der Waals surface area contributed by atoms with Gasteiger partial charge in [0, 0.05) is 13.1 Å². The zero-order valence-electron chi connectivity index (χ0n) is 11.5. The molecule has 1 fully saturated rings. The van der Waals surface area contributed by atoms with Crippen molar-refractivity contribution < 1.29 is 8.95 Å². The van der Waals surface area contributed by atoms with Gasteiger partial charge >= 0.3 is 0 Å². The number of nitrogens with zero attached hydrogens (tertiary/aromatic N) is 1. The van der Waals surface area contributed by atoms with E-state index in [0.717, 1.165) is 24.4 Å². The van der Waals surface area contributed by atoms with Gasteiger partial charge in [0.2, 0.25) is 0 Å². The van der Waals surface area contributed by atoms with E-state index in [4.69, 9.17) is 4.74 Å². The lowest BCUT2D eigenvalue weighted by Gasteiger charge is -2.25. The monoisotopic (exact) mass is 269 g/mol. The molecule has 1 aromatic carbocycles. The van der Waals surface area contributed by atoms with Crippen molar-refractivity contribution in [1.29, 1.82) is 0 Å². The van der Waals surface area contributed by atoms with Crippen LogP contribution in [0, 0.1) is 0 Å². The van der Waals surface area contributed by atoms with E-state index in [1.165, 1.54) is 5.56 Å². The SMILES string of the molecule is CC.CCc1ccc(S(=O)N2CCOCC2)cc1. The van der Waals surface area contributed by atoms with Crippen molar-refractivity contribution in [3.63, 3.8) is 0 Å². The highest BCUT2D eigenvalue weighted by Gasteiger charge is 2.17. The first-order chi connectivity index (χ1) is 8.81. The summed E-state index contributed by atoms with van der Waals surface area (Å²) in [6.07, 6.45) is 1.02. The van der Waals surface area contributed by atoms with Crippen LogP contribution in [0.1, 0.15) is 26.3 Å². The summed E-state index contributed by atoms with van der Waals surface area (Å²) in [6, 6.07) is 8.02. The van der Waals surface area contributed by atoms with Gasteiger partial charge in [-0.3, -0.25) is 0 Å². The lowest BCUT2D eigenvalue weighted by Crippen LogP contribution is -2.37. The Hall–Kier alpha value is -0.710. The standard InChI is InChI=1S/C12H17NO2S.C2H6/c1-2-11-3-5-12(6-4-11)16(14)13-7-9-15-10-8-13;1-2/h3-6H,2,7-10H2,1H3;1-2H3. The minimum atomic E-state index is -1.03. The second-order valence-corrected chi connectivity index (χ2v) is 5.27. The van der Waals surface area contributed by atoms with Gasteiger partial charge in [-0.15, -0.1) is 0 Å². The van der Waals surface area contributed by atoms with Crippen molar-refractivity contribution in [2.24, 2.45) is 0 Å². The van der Waals surface area contributed by atoms with Crippen LogP contribution in [0.3, 0.4) is 0 Å². The van der Waals surface area contributed by atoms with Crippen molar-refractivity contribution in [3.05, 3.63) is 29.8 Å². The van der Waals surface area contributed by atoms with Gasteiger partial charge in [-0.05, 0) is 24.1 Å². The zero-order chi connectivity index (χ0) is 13.4. The Morgan fingerprint density at radius 1 is 1.17 bits per heavy atom. The molecule has 4 heteroatoms. The van der Waals surface area contributed by atoms with Crippen LogP contribution < -0.4 is 0 Å². The van der Waals surface area contributed by atoms with Gasteiger partial charge in [0.25, 0.3) is 0 Å². The summed E-state index contributed by atoms with van der Waals surface area (Å²) in [5.74, 6) is 0. The van der Waals surface area contributed by atoms with E-state index < -0.39 is 11.0 Å². The number of rotatable bonds is 3. The van der Waals surface area contributed by atoms with Gasteiger partial charge in [0.05, 0.1) is 18.1 Å². The van der Waals surface area contributed by atoms with Crippen molar-refractivity contribution >= 4 is 11.0 Å². The fourth-order valence-electron chi connectivity index (χ4n) is 1.70. The topological polar surface area (TPSA) is 29.5 Å². The van der Waals surface area contributed by atoms with E-state index in [1.54, 1.807) is 0 Å². The number of hydrogen-bond donors (Lipinski definition) is 0. The summed E-state index contributed by atoms with van der Waals surface area (Å²) in [4.78, 5) is 0.888. The molecule has 1 saturated heterocycles. The van der Waals surface area contributed by atoms with Gasteiger partial charge in [0.15, 0.2) is 0 Å². The van der Waals surface area contributed by atoms with E-state index in [2.05, 4.69) is 6.92 Å². The first-order valence-corrected chi connectivity index (χ1v) is 7.75. The Labute approximate surface area is 113 Å². The quantitative estimate of drug-likeness (QED) is 0.844. The highest BCUT2D eigenvalue weighted by atomic mass is 32.2. The summed E-state index contributed by atoms with van der Waals surface area (Å²) >= 11 is 0. The van der Waals surface area contributed by atoms with Crippen molar-refractivity contribution in [3.8, 4) is 0 Å². The minimum Gasteiger partial charge on any atom is -0.379 e. The Balaban J connectivity index is 0.000000771. The maximum atomic E-state index is 12.2. The number of benzene rings is 1. The summed E-state index contributed by atoms with van der Waals surface area (Å²) < 4.78 is 19.4. The van der Waals surface area contributed by atoms with Crippen molar-refractivity contribution in [1.82, 2.24) is 4.31 Å². The maximum absolute atomic E-state index is 12.2. The van der Waals surface area contributed by atoms with Crippen LogP contribution in [0.2, 0.25) is 0 Å². The fraction of sp³-hybridized carbons (Fsp3) is 0.571. The molecule has 0 aromatic heterocycles. The molecule has 1 atom stereocenters. The lowest BCUT2D eigenvalue weighted by molar-refractivity contribution is 0.0752. The molecule has 0 spiro atoms. The molecule has 0 N–H and O–H groups in total. The van der Waals surface area contributed by atoms with E-state index >= 15 is 0 Å². The Morgan fingerprint density at radius 2 is 1.72 bits per heavy atom. The zero-order valence-corrected chi connectivity index (χ0v) is 12.3. The summed E-state index contributed by atoms with van der Waals surface area (Å²) in [5.41, 5.74) is 1.28. The molecule has 1 unspecified atom stereocenters. The van der Waals surface area contributed by atoms with Crippen LogP contribution in [0.4, 0.5) is 0 Å². The summed E-state index contributed by atoms with van der Waals surface area (Å²) in [5, 5.41) is 0. The van der Waals surface area contributed by atoms with Gasteiger partial charge in [-0.25, -0.2) is 8.51 Å². The summed E-state index contributed by atoms with van der Waals surface area (Å²) in [6.45, 7) is 8.98. The second kappa shape index (κ2) is 8.40. The summed E-state index contributed by atoms with van der Waals surface area (Å²) in [7, 11) is -1.03. The molecular formula is C14H23NO2S. The van der Waals surface area contributed by atoms with Crippen LogP contribution in [0.25, 0.3) is 0 Å². The van der Waals surface area contributed by atoms with Crippen LogP contribution in [0.15, 0.2) is 29.2 Å². The van der Waals surface area contributed by atoms with Crippen LogP contribution in [-0.2, 0) is 22.1 Å². The number of ether oxygens (including phenoxy) is 1. The molecule has 0 aliphatic carbocycles. The van der Waals surface area contributed by atoms with Gasteiger partial charge < -0.3 is 4.74 Å². The first kappa shape index (κ1) is 15.3. The third-order valence-electron chi connectivity index (χ3n) is 2.74. The fourth-order valence-corrected chi connectivity index (χ4v) is 2.85. The molecule has 3 nitrogen and oxygen atoms in total. The number of hydrogen-bond acceptors (Lipinski definition) is 2. The minimum absolute atomic E-state index is 0.679. The molecule has 0 saturated carbocycles. The largest absolute Gasteiger partial charge is 0.379 e. The van der Waals surface area contributed by atoms with Crippen molar-refractivity contribution in [2.75, 3.05) is 26.3 Å². The normalized spacial score (nSPS) is 17.7. The number of aryl methyl sites for hydroxylation is 1. The van der Waals surface area contributed by atoms with E-state index in [-0.39, 0.29) is 0 Å². The molecule has 0 radical (unpaired) electrons. The highest BCUT2D eigenvalue weighted by molar-refractivity contribution is 7.82. The Kier molecular flexibility index (Phi) is 7.16. The molecule has 1 aromatic rings. The predicted octanol–water partition coefficient (Wildman–Crippen LogP) is 2.63. The third-order valence-corrected chi connectivity index (χ3v) is 4.25. The Morgan fingerprint density at radius 3 is 2.22 bits per heavy atom. The van der Waals surface area contributed by atoms with Crippen molar-refractivity contribution in [2.45, 2.75) is 32.1 Å². The highest BCUT2D eigenvalue weighted by Crippen LogP contribution is 2.13. The average Bonchev–Trinajstić information content (AvgIpc) is 2.49. The Bertz CT molecular complexity index is 359. The predicted molar refractivity (Wildman–Crippen MR) is 76.0 cm³/mol. The van der Waals surface area contributed by atoms with E-state index in [9.17, 15) is 4.21 Å². The van der Waals surface area contributed by atoms with Gasteiger partial charge in [0.1, 0.15) is 11.0 Å². The molecule has 18 heavy (non-hydrogen) atoms. The van der Waals surface area contributed by atoms with Crippen LogP contribution in [-0.4, -0.2) is 34.8 Å². The van der Waals surface area contributed by atoms with Gasteiger partial charge in [-0.2, -0.15) is 0 Å². The third kappa shape index (κ3) is 4.19. The lowest BCUT2D eigenvalue weighted by atomic mass is 10.2. The smallest absolute Gasteiger partial charge is 0.127 e. The van der Waals surface area contributed by atoms with E-state index in [1.807, 2.05) is 42.4 Å². The maximum Gasteiger partial charge on any atom is 0.127 e. The second-order valence-electron chi connectivity index (χ2n) is 3.79. The first-order valence-electron chi connectivity index (χ1n) is 6.65. The molecule has 1 aliphatic rings. The molecule has 1 aliphatic heterocycles. The number of morpholine rings is 1. The molecule has 0 bridgehead atoms. The molecule has 2 rings (SSSR count). The molecular weight excluding hydrogens is 246 g/mol. The molecule has 1 heterocycles. The van der Waals surface area contributed by atoms with Crippen LogP contribution >= 0.6 is 0 Å².